The Hall–Kier alpha value is -2.93. The highest BCUT2D eigenvalue weighted by atomic mass is 32.1. The Morgan fingerprint density at radius 1 is 1.15 bits per heavy atom. The maximum absolute atomic E-state index is 12.1. The normalized spacial score (nSPS) is 10.5. The number of amides is 2. The molecule has 0 unspecified atom stereocenters. The van der Waals surface area contributed by atoms with Gasteiger partial charge in [0.2, 0.25) is 0 Å². The Labute approximate surface area is 155 Å². The molecule has 3 rings (SSSR count). The number of nitrogens with zero attached hydrogens (tertiary/aromatic N) is 2. The van der Waals surface area contributed by atoms with Gasteiger partial charge in [-0.25, -0.2) is 9.48 Å². The minimum Gasteiger partial charge on any atom is -0.336 e. The first kappa shape index (κ1) is 17.9. The lowest BCUT2D eigenvalue weighted by molar-refractivity contribution is 0.251. The second kappa shape index (κ2) is 7.97. The highest BCUT2D eigenvalue weighted by Crippen LogP contribution is 2.21. The van der Waals surface area contributed by atoms with Crippen LogP contribution in [-0.2, 0) is 6.54 Å². The van der Waals surface area contributed by atoms with E-state index in [1.807, 2.05) is 49.6 Å². The Morgan fingerprint density at radius 3 is 2.77 bits per heavy atom. The van der Waals surface area contributed by atoms with Gasteiger partial charge < -0.3 is 10.6 Å². The van der Waals surface area contributed by atoms with Gasteiger partial charge in [0, 0.05) is 18.3 Å². The zero-order valence-electron chi connectivity index (χ0n) is 14.7. The van der Waals surface area contributed by atoms with E-state index in [1.54, 1.807) is 17.4 Å². The van der Waals surface area contributed by atoms with E-state index in [4.69, 9.17) is 0 Å². The summed E-state index contributed by atoms with van der Waals surface area (Å²) in [6.45, 7) is 4.57. The first-order chi connectivity index (χ1) is 12.5. The quantitative estimate of drug-likeness (QED) is 0.725. The predicted octanol–water partition coefficient (Wildman–Crippen LogP) is 3.41. The third-order valence-corrected chi connectivity index (χ3v) is 4.99. The van der Waals surface area contributed by atoms with Crippen molar-refractivity contribution in [2.45, 2.75) is 20.4 Å². The smallest absolute Gasteiger partial charge is 0.319 e. The maximum atomic E-state index is 12.1. The molecule has 2 aromatic heterocycles. The van der Waals surface area contributed by atoms with Crippen LogP contribution in [0.1, 0.15) is 11.1 Å². The Morgan fingerprint density at radius 2 is 2.00 bits per heavy atom. The van der Waals surface area contributed by atoms with E-state index < -0.39 is 0 Å². The van der Waals surface area contributed by atoms with Crippen LogP contribution in [0.2, 0.25) is 0 Å². The highest BCUT2D eigenvalue weighted by molar-refractivity contribution is 7.13. The van der Waals surface area contributed by atoms with Crippen molar-refractivity contribution in [3.63, 3.8) is 0 Å². The van der Waals surface area contributed by atoms with E-state index in [2.05, 4.69) is 15.7 Å². The molecule has 0 saturated carbocycles. The number of rotatable bonds is 5. The third kappa shape index (κ3) is 4.18. The van der Waals surface area contributed by atoms with Crippen molar-refractivity contribution >= 4 is 23.1 Å². The molecule has 0 aliphatic rings. The molecule has 1 aromatic carbocycles. The molecule has 0 aliphatic carbocycles. The van der Waals surface area contributed by atoms with Gasteiger partial charge in [0.1, 0.15) is 5.69 Å². The molecule has 2 heterocycles. The molecule has 2 N–H and O–H groups in total. The average Bonchev–Trinajstić information content (AvgIpc) is 3.15. The van der Waals surface area contributed by atoms with Gasteiger partial charge in [-0.05, 0) is 48.6 Å². The molecule has 7 heteroatoms. The summed E-state index contributed by atoms with van der Waals surface area (Å²) >= 11 is 1.57. The molecule has 3 aromatic rings. The first-order valence-corrected chi connectivity index (χ1v) is 9.15. The molecule has 0 radical (unpaired) electrons. The number of aryl methyl sites for hydroxylation is 1. The number of hydrogen-bond donors (Lipinski definition) is 2. The molecule has 0 spiro atoms. The lowest BCUT2D eigenvalue weighted by Crippen LogP contribution is -2.34. The first-order valence-electron chi connectivity index (χ1n) is 8.28. The number of thiophene rings is 1. The molecular weight excluding hydrogens is 348 g/mol. The van der Waals surface area contributed by atoms with Crippen LogP contribution in [0, 0.1) is 13.8 Å². The monoisotopic (exact) mass is 368 g/mol. The summed E-state index contributed by atoms with van der Waals surface area (Å²) in [5.41, 5.74) is 3.48. The van der Waals surface area contributed by atoms with Crippen LogP contribution < -0.4 is 16.2 Å². The predicted molar refractivity (Wildman–Crippen MR) is 105 cm³/mol. The van der Waals surface area contributed by atoms with Crippen LogP contribution in [0.25, 0.3) is 10.6 Å². The number of carbonyl (C=O) groups is 1. The van der Waals surface area contributed by atoms with Crippen LogP contribution in [-0.4, -0.2) is 22.4 Å². The zero-order valence-corrected chi connectivity index (χ0v) is 15.5. The number of benzene rings is 1. The summed E-state index contributed by atoms with van der Waals surface area (Å²) in [5.74, 6) is 0. The molecule has 0 atom stereocenters. The maximum Gasteiger partial charge on any atom is 0.319 e. The van der Waals surface area contributed by atoms with Crippen LogP contribution in [0.5, 0.6) is 0 Å². The molecule has 0 fully saturated rings. The van der Waals surface area contributed by atoms with Gasteiger partial charge in [-0.3, -0.25) is 4.79 Å². The van der Waals surface area contributed by atoms with Crippen molar-refractivity contribution in [3.05, 3.63) is 69.3 Å². The minimum absolute atomic E-state index is 0.193. The standard InChI is InChI=1S/C19H20N4O2S/c1-13-5-3-6-15(14(13)2)21-19(25)20-10-11-23-18(24)9-8-16(22-23)17-7-4-12-26-17/h3-9,12H,10-11H2,1-2H3,(H2,20,21,25). The second-order valence-electron chi connectivity index (χ2n) is 5.89. The van der Waals surface area contributed by atoms with Crippen molar-refractivity contribution in [3.8, 4) is 10.6 Å². The number of aromatic nitrogens is 2. The van der Waals surface area contributed by atoms with Crippen molar-refractivity contribution in [2.24, 2.45) is 0 Å². The van der Waals surface area contributed by atoms with Gasteiger partial charge in [-0.2, -0.15) is 5.10 Å². The van der Waals surface area contributed by atoms with E-state index in [1.165, 1.54) is 10.7 Å². The van der Waals surface area contributed by atoms with Crippen LogP contribution in [0.3, 0.4) is 0 Å². The van der Waals surface area contributed by atoms with Gasteiger partial charge in [0.25, 0.3) is 5.56 Å². The molecule has 0 aliphatic heterocycles. The lowest BCUT2D eigenvalue weighted by Gasteiger charge is -2.12. The number of carbonyl (C=O) groups excluding carboxylic acids is 1. The van der Waals surface area contributed by atoms with Gasteiger partial charge in [-0.1, -0.05) is 18.2 Å². The fourth-order valence-electron chi connectivity index (χ4n) is 2.49. The van der Waals surface area contributed by atoms with Gasteiger partial charge in [-0.15, -0.1) is 11.3 Å². The van der Waals surface area contributed by atoms with Gasteiger partial charge in [0.15, 0.2) is 0 Å². The van der Waals surface area contributed by atoms with Crippen molar-refractivity contribution < 1.29 is 4.79 Å². The molecule has 0 bridgehead atoms. The molecule has 2 amide bonds. The number of hydrogen-bond acceptors (Lipinski definition) is 4. The van der Waals surface area contributed by atoms with E-state index in [0.717, 1.165) is 27.4 Å². The van der Waals surface area contributed by atoms with Gasteiger partial charge in [0.05, 0.1) is 11.4 Å². The van der Waals surface area contributed by atoms with E-state index in [9.17, 15) is 9.59 Å². The zero-order chi connectivity index (χ0) is 18.5. The third-order valence-electron chi connectivity index (χ3n) is 4.10. The number of anilines is 1. The van der Waals surface area contributed by atoms with Crippen molar-refractivity contribution in [1.82, 2.24) is 15.1 Å². The Bertz CT molecular complexity index is 964. The molecule has 26 heavy (non-hydrogen) atoms. The lowest BCUT2D eigenvalue weighted by atomic mass is 10.1. The summed E-state index contributed by atoms with van der Waals surface area (Å²) in [6.07, 6.45) is 0. The summed E-state index contributed by atoms with van der Waals surface area (Å²) in [7, 11) is 0. The van der Waals surface area contributed by atoms with E-state index >= 15 is 0 Å². The average molecular weight is 368 g/mol. The molecule has 0 saturated heterocycles. The summed E-state index contributed by atoms with van der Waals surface area (Å²) in [5, 5.41) is 11.9. The molecule has 6 nitrogen and oxygen atoms in total. The largest absolute Gasteiger partial charge is 0.336 e. The fourth-order valence-corrected chi connectivity index (χ4v) is 3.18. The molecular formula is C19H20N4O2S. The van der Waals surface area contributed by atoms with E-state index in [-0.39, 0.29) is 11.6 Å². The highest BCUT2D eigenvalue weighted by Gasteiger charge is 2.07. The van der Waals surface area contributed by atoms with E-state index in [0.29, 0.717) is 13.1 Å². The van der Waals surface area contributed by atoms with Crippen LogP contribution in [0.4, 0.5) is 10.5 Å². The molecule has 134 valence electrons. The second-order valence-corrected chi connectivity index (χ2v) is 6.83. The fraction of sp³-hybridized carbons (Fsp3) is 0.211. The summed E-state index contributed by atoms with van der Waals surface area (Å²) < 4.78 is 1.37. The minimum atomic E-state index is -0.304. The van der Waals surface area contributed by atoms with Crippen molar-refractivity contribution in [1.29, 1.82) is 0 Å². The van der Waals surface area contributed by atoms with Gasteiger partial charge >= 0.3 is 6.03 Å². The summed E-state index contributed by atoms with van der Waals surface area (Å²) in [6, 6.07) is 12.6. The number of urea groups is 1. The Kier molecular flexibility index (Phi) is 5.48. The Balaban J connectivity index is 1.59. The summed E-state index contributed by atoms with van der Waals surface area (Å²) in [4.78, 5) is 25.0. The van der Waals surface area contributed by atoms with Crippen LogP contribution in [0.15, 0.2) is 52.6 Å². The number of nitrogens with one attached hydrogen (secondary N) is 2. The van der Waals surface area contributed by atoms with Crippen LogP contribution >= 0.6 is 11.3 Å². The van der Waals surface area contributed by atoms with Crippen molar-refractivity contribution in [2.75, 3.05) is 11.9 Å². The SMILES string of the molecule is Cc1cccc(NC(=O)NCCn2nc(-c3cccs3)ccc2=O)c1C. The topological polar surface area (TPSA) is 76.0 Å².